The Bertz CT molecular complexity index is 954. The van der Waals surface area contributed by atoms with Crippen molar-refractivity contribution < 1.29 is 18.7 Å². The summed E-state index contributed by atoms with van der Waals surface area (Å²) in [5.74, 6) is 1.84. The number of aromatic nitrogens is 2. The third-order valence-electron chi connectivity index (χ3n) is 4.21. The van der Waals surface area contributed by atoms with Crippen molar-refractivity contribution in [2.24, 2.45) is 0 Å². The minimum atomic E-state index is -0.288. The molecule has 0 unspecified atom stereocenters. The molecular formula is C19H18FN3O3. The number of aryl methyl sites for hydroxylation is 1. The number of carbonyl (C=O) groups is 1. The van der Waals surface area contributed by atoms with Crippen LogP contribution in [0.1, 0.15) is 17.8 Å². The first-order chi connectivity index (χ1) is 12.7. The Morgan fingerprint density at radius 1 is 1.19 bits per heavy atom. The van der Waals surface area contributed by atoms with Gasteiger partial charge in [0.25, 0.3) is 0 Å². The van der Waals surface area contributed by atoms with Gasteiger partial charge in [0.05, 0.1) is 17.5 Å². The van der Waals surface area contributed by atoms with Gasteiger partial charge in [-0.2, -0.15) is 0 Å². The summed E-state index contributed by atoms with van der Waals surface area (Å²) in [6.07, 6.45) is 1.72. The van der Waals surface area contributed by atoms with Gasteiger partial charge in [0.15, 0.2) is 11.5 Å². The fourth-order valence-electron chi connectivity index (χ4n) is 2.94. The molecule has 1 aliphatic heterocycles. The number of H-pyrrole nitrogens is 1. The number of halogens is 1. The van der Waals surface area contributed by atoms with Gasteiger partial charge >= 0.3 is 0 Å². The van der Waals surface area contributed by atoms with Crippen LogP contribution in [0.4, 0.5) is 4.39 Å². The van der Waals surface area contributed by atoms with Gasteiger partial charge in [-0.1, -0.05) is 6.07 Å². The van der Waals surface area contributed by atoms with Gasteiger partial charge in [-0.05, 0) is 42.3 Å². The summed E-state index contributed by atoms with van der Waals surface area (Å²) in [5, 5.41) is 2.90. The molecule has 0 atom stereocenters. The molecule has 0 radical (unpaired) electrons. The van der Waals surface area contributed by atoms with Gasteiger partial charge < -0.3 is 19.8 Å². The SMILES string of the molecule is O=C(Cc1ccc2c(c1)OCO2)NCCCc1nc2ccc(F)cc2[nH]1. The fraction of sp³-hybridized carbons (Fsp3) is 0.263. The van der Waals surface area contributed by atoms with Crippen LogP contribution < -0.4 is 14.8 Å². The molecule has 26 heavy (non-hydrogen) atoms. The van der Waals surface area contributed by atoms with Crippen molar-refractivity contribution in [1.29, 1.82) is 0 Å². The van der Waals surface area contributed by atoms with E-state index in [-0.39, 0.29) is 18.5 Å². The number of nitrogens with zero attached hydrogens (tertiary/aromatic N) is 1. The second kappa shape index (κ2) is 7.03. The van der Waals surface area contributed by atoms with Crippen molar-refractivity contribution in [2.45, 2.75) is 19.3 Å². The number of amides is 1. The molecule has 0 spiro atoms. The van der Waals surface area contributed by atoms with Crippen LogP contribution in [-0.2, 0) is 17.6 Å². The van der Waals surface area contributed by atoms with Crippen molar-refractivity contribution in [3.05, 3.63) is 53.6 Å². The lowest BCUT2D eigenvalue weighted by atomic mass is 10.1. The first kappa shape index (κ1) is 16.4. The monoisotopic (exact) mass is 355 g/mol. The Morgan fingerprint density at radius 2 is 2.08 bits per heavy atom. The highest BCUT2D eigenvalue weighted by Gasteiger charge is 2.14. The quantitative estimate of drug-likeness (QED) is 0.667. The molecule has 134 valence electrons. The third kappa shape index (κ3) is 3.61. The first-order valence-corrected chi connectivity index (χ1v) is 8.47. The summed E-state index contributed by atoms with van der Waals surface area (Å²) >= 11 is 0. The van der Waals surface area contributed by atoms with Gasteiger partial charge in [-0.3, -0.25) is 4.79 Å². The van der Waals surface area contributed by atoms with E-state index in [0.717, 1.165) is 23.3 Å². The van der Waals surface area contributed by atoms with Crippen LogP contribution in [0, 0.1) is 5.82 Å². The van der Waals surface area contributed by atoms with Gasteiger partial charge in [0, 0.05) is 13.0 Å². The van der Waals surface area contributed by atoms with E-state index in [1.54, 1.807) is 6.07 Å². The topological polar surface area (TPSA) is 76.2 Å². The molecule has 0 saturated carbocycles. The molecule has 7 heteroatoms. The predicted octanol–water partition coefficient (Wildman–Crippen LogP) is 2.72. The number of nitrogens with one attached hydrogen (secondary N) is 2. The average molecular weight is 355 g/mol. The Morgan fingerprint density at radius 3 is 3.00 bits per heavy atom. The Hall–Kier alpha value is -3.09. The van der Waals surface area contributed by atoms with Crippen molar-refractivity contribution in [3.63, 3.8) is 0 Å². The van der Waals surface area contributed by atoms with E-state index in [4.69, 9.17) is 9.47 Å². The molecule has 1 aromatic heterocycles. The third-order valence-corrected chi connectivity index (χ3v) is 4.21. The second-order valence-corrected chi connectivity index (χ2v) is 6.16. The molecule has 2 aromatic carbocycles. The van der Waals surface area contributed by atoms with Gasteiger partial charge in [-0.25, -0.2) is 9.37 Å². The van der Waals surface area contributed by atoms with Gasteiger partial charge in [-0.15, -0.1) is 0 Å². The molecule has 0 fully saturated rings. The second-order valence-electron chi connectivity index (χ2n) is 6.16. The van der Waals surface area contributed by atoms with E-state index in [1.807, 2.05) is 18.2 Å². The Labute approximate surface area is 149 Å². The molecular weight excluding hydrogens is 337 g/mol. The van der Waals surface area contributed by atoms with E-state index >= 15 is 0 Å². The zero-order chi connectivity index (χ0) is 17.9. The van der Waals surface area contributed by atoms with Crippen molar-refractivity contribution in [1.82, 2.24) is 15.3 Å². The zero-order valence-electron chi connectivity index (χ0n) is 14.0. The predicted molar refractivity (Wildman–Crippen MR) is 93.7 cm³/mol. The summed E-state index contributed by atoms with van der Waals surface area (Å²) in [6.45, 7) is 0.772. The van der Waals surface area contributed by atoms with E-state index < -0.39 is 0 Å². The smallest absolute Gasteiger partial charge is 0.231 e. The maximum absolute atomic E-state index is 13.2. The van der Waals surface area contributed by atoms with Crippen LogP contribution in [0.15, 0.2) is 36.4 Å². The number of fused-ring (bicyclic) bond motifs is 2. The molecule has 2 N–H and O–H groups in total. The van der Waals surface area contributed by atoms with Crippen LogP contribution >= 0.6 is 0 Å². The van der Waals surface area contributed by atoms with Crippen LogP contribution in [0.25, 0.3) is 11.0 Å². The molecule has 0 aliphatic carbocycles. The lowest BCUT2D eigenvalue weighted by Crippen LogP contribution is -2.26. The summed E-state index contributed by atoms with van der Waals surface area (Å²) in [7, 11) is 0. The van der Waals surface area contributed by atoms with E-state index in [2.05, 4.69) is 15.3 Å². The van der Waals surface area contributed by atoms with Crippen molar-refractivity contribution in [2.75, 3.05) is 13.3 Å². The number of ether oxygens (including phenoxy) is 2. The van der Waals surface area contributed by atoms with Crippen LogP contribution in [0.2, 0.25) is 0 Å². The molecule has 0 bridgehead atoms. The summed E-state index contributed by atoms with van der Waals surface area (Å²) in [4.78, 5) is 19.6. The molecule has 1 aliphatic rings. The highest BCUT2D eigenvalue weighted by Crippen LogP contribution is 2.32. The Balaban J connectivity index is 1.24. The minimum absolute atomic E-state index is 0.0458. The van der Waals surface area contributed by atoms with E-state index in [0.29, 0.717) is 36.4 Å². The average Bonchev–Trinajstić information content (AvgIpc) is 3.24. The first-order valence-electron chi connectivity index (χ1n) is 8.47. The van der Waals surface area contributed by atoms with Gasteiger partial charge in [0.1, 0.15) is 11.6 Å². The standard InChI is InChI=1S/C19H18FN3O3/c20-13-4-5-14-15(10-13)23-18(22-14)2-1-7-21-19(24)9-12-3-6-16-17(8-12)26-11-25-16/h3-6,8,10H,1-2,7,9,11H2,(H,21,24)(H,22,23). The van der Waals surface area contributed by atoms with E-state index in [1.165, 1.54) is 12.1 Å². The largest absolute Gasteiger partial charge is 0.454 e. The number of aromatic amines is 1. The number of hydrogen-bond donors (Lipinski definition) is 2. The maximum atomic E-state index is 13.2. The number of benzene rings is 2. The Kier molecular flexibility index (Phi) is 4.43. The normalized spacial score (nSPS) is 12.5. The van der Waals surface area contributed by atoms with Crippen molar-refractivity contribution >= 4 is 16.9 Å². The van der Waals surface area contributed by atoms with E-state index in [9.17, 15) is 9.18 Å². The number of hydrogen-bond acceptors (Lipinski definition) is 4. The van der Waals surface area contributed by atoms with Crippen LogP contribution in [0.3, 0.4) is 0 Å². The summed E-state index contributed by atoms with van der Waals surface area (Å²) in [6, 6.07) is 9.98. The number of rotatable bonds is 6. The molecule has 1 amide bonds. The lowest BCUT2D eigenvalue weighted by molar-refractivity contribution is -0.120. The van der Waals surface area contributed by atoms with Crippen molar-refractivity contribution in [3.8, 4) is 11.5 Å². The summed E-state index contributed by atoms with van der Waals surface area (Å²) < 4.78 is 23.8. The van der Waals surface area contributed by atoms with Gasteiger partial charge in [0.2, 0.25) is 12.7 Å². The highest BCUT2D eigenvalue weighted by molar-refractivity contribution is 5.78. The molecule has 3 aromatic rings. The summed E-state index contributed by atoms with van der Waals surface area (Å²) in [5.41, 5.74) is 2.31. The molecule has 6 nitrogen and oxygen atoms in total. The number of carbonyl (C=O) groups excluding carboxylic acids is 1. The fourth-order valence-corrected chi connectivity index (χ4v) is 2.94. The molecule has 0 saturated heterocycles. The van der Waals surface area contributed by atoms with Crippen LogP contribution in [0.5, 0.6) is 11.5 Å². The molecule has 4 rings (SSSR count). The molecule has 2 heterocycles. The number of imidazole rings is 1. The lowest BCUT2D eigenvalue weighted by Gasteiger charge is -2.05. The van der Waals surface area contributed by atoms with Crippen LogP contribution in [-0.4, -0.2) is 29.2 Å². The maximum Gasteiger partial charge on any atom is 0.231 e. The zero-order valence-corrected chi connectivity index (χ0v) is 14.0. The highest BCUT2D eigenvalue weighted by atomic mass is 19.1. The minimum Gasteiger partial charge on any atom is -0.454 e.